The van der Waals surface area contributed by atoms with Gasteiger partial charge in [-0.2, -0.15) is 0 Å². The van der Waals surface area contributed by atoms with Gasteiger partial charge in [0, 0.05) is 17.4 Å². The zero-order chi connectivity index (χ0) is 19.6. The summed E-state index contributed by atoms with van der Waals surface area (Å²) in [5, 5.41) is 12.4. The first kappa shape index (κ1) is 19.0. The van der Waals surface area contributed by atoms with Crippen LogP contribution in [0.15, 0.2) is 28.2 Å². The van der Waals surface area contributed by atoms with Crippen molar-refractivity contribution in [3.8, 4) is 0 Å². The summed E-state index contributed by atoms with van der Waals surface area (Å²) in [7, 11) is 0. The molecule has 0 amide bonds. The molecule has 1 aromatic carbocycles. The van der Waals surface area contributed by atoms with Gasteiger partial charge in [0.1, 0.15) is 0 Å². The SMILES string of the molecule is CC(CO)Nc1nc(SCc2cccc(F)c2F)nc2[nH]c(=O)c(N)nc12. The number of fused-ring (bicyclic) bond motifs is 1. The molecule has 27 heavy (non-hydrogen) atoms. The fourth-order valence-electron chi connectivity index (χ4n) is 2.22. The highest BCUT2D eigenvalue weighted by molar-refractivity contribution is 7.98. The molecule has 0 bridgehead atoms. The predicted molar refractivity (Wildman–Crippen MR) is 98.5 cm³/mol. The van der Waals surface area contributed by atoms with Crippen molar-refractivity contribution < 1.29 is 13.9 Å². The van der Waals surface area contributed by atoms with Gasteiger partial charge in [0.25, 0.3) is 5.56 Å². The van der Waals surface area contributed by atoms with Crippen molar-refractivity contribution in [2.24, 2.45) is 0 Å². The standard InChI is InChI=1S/C16H16F2N6O2S/c1-7(5-25)20-13-11-14(22-15(26)12(19)21-11)24-16(23-13)27-6-8-3-2-4-9(17)10(8)18/h2-4,7,25H,5-6H2,1H3,(H2,19,21)(H2,20,22,23,24,26). The van der Waals surface area contributed by atoms with Gasteiger partial charge >= 0.3 is 0 Å². The number of nitrogens with one attached hydrogen (secondary N) is 2. The molecule has 0 fully saturated rings. The number of nitrogens with two attached hydrogens (primary N) is 1. The molecule has 0 aliphatic heterocycles. The number of anilines is 2. The highest BCUT2D eigenvalue weighted by atomic mass is 32.2. The molecule has 0 saturated heterocycles. The number of H-pyrrole nitrogens is 1. The molecule has 0 spiro atoms. The summed E-state index contributed by atoms with van der Waals surface area (Å²) in [6.07, 6.45) is 0. The number of hydrogen-bond acceptors (Lipinski definition) is 8. The van der Waals surface area contributed by atoms with E-state index in [1.54, 1.807) is 6.92 Å². The molecule has 0 aliphatic carbocycles. The summed E-state index contributed by atoms with van der Waals surface area (Å²) < 4.78 is 27.1. The Labute approximate surface area is 156 Å². The fraction of sp³-hybridized carbons (Fsp3) is 0.250. The molecule has 3 rings (SSSR count). The number of rotatable bonds is 6. The number of hydrogen-bond donors (Lipinski definition) is 4. The number of nitrogen functional groups attached to an aromatic ring is 1. The second kappa shape index (κ2) is 7.84. The Morgan fingerprint density at radius 1 is 1.33 bits per heavy atom. The summed E-state index contributed by atoms with van der Waals surface area (Å²) >= 11 is 1.06. The molecular weight excluding hydrogens is 378 g/mol. The van der Waals surface area contributed by atoms with Crippen LogP contribution in [-0.4, -0.2) is 37.7 Å². The van der Waals surface area contributed by atoms with Crippen LogP contribution >= 0.6 is 11.8 Å². The average molecular weight is 394 g/mol. The maximum Gasteiger partial charge on any atom is 0.292 e. The van der Waals surface area contributed by atoms with E-state index in [2.05, 4.69) is 25.3 Å². The quantitative estimate of drug-likeness (QED) is 0.367. The third-order valence-corrected chi connectivity index (χ3v) is 4.50. The number of halogens is 2. The van der Waals surface area contributed by atoms with Crippen LogP contribution in [0, 0.1) is 11.6 Å². The van der Waals surface area contributed by atoms with Crippen LogP contribution < -0.4 is 16.6 Å². The van der Waals surface area contributed by atoms with Gasteiger partial charge in [0.15, 0.2) is 39.6 Å². The Morgan fingerprint density at radius 3 is 2.85 bits per heavy atom. The van der Waals surface area contributed by atoms with E-state index >= 15 is 0 Å². The number of aromatic amines is 1. The molecule has 2 aromatic heterocycles. The van der Waals surface area contributed by atoms with Crippen molar-refractivity contribution in [2.45, 2.75) is 23.9 Å². The first-order valence-electron chi connectivity index (χ1n) is 7.89. The highest BCUT2D eigenvalue weighted by Gasteiger charge is 2.15. The minimum absolute atomic E-state index is 0.0801. The Morgan fingerprint density at radius 2 is 2.11 bits per heavy atom. The van der Waals surface area contributed by atoms with E-state index in [4.69, 9.17) is 5.73 Å². The first-order chi connectivity index (χ1) is 12.9. The van der Waals surface area contributed by atoms with Crippen molar-refractivity contribution in [1.82, 2.24) is 19.9 Å². The number of aliphatic hydroxyl groups is 1. The maximum absolute atomic E-state index is 13.8. The van der Waals surface area contributed by atoms with Crippen LogP contribution in [0.1, 0.15) is 12.5 Å². The Balaban J connectivity index is 1.98. The normalized spacial score (nSPS) is 12.3. The lowest BCUT2D eigenvalue weighted by Gasteiger charge is -2.14. The second-order valence-corrected chi connectivity index (χ2v) is 6.68. The van der Waals surface area contributed by atoms with E-state index in [9.17, 15) is 18.7 Å². The average Bonchev–Trinajstić information content (AvgIpc) is 2.64. The number of nitrogens with zero attached hydrogens (tertiary/aromatic N) is 3. The van der Waals surface area contributed by atoms with E-state index in [1.807, 2.05) is 0 Å². The Bertz CT molecular complexity index is 1050. The molecule has 3 aromatic rings. The minimum Gasteiger partial charge on any atom is -0.394 e. The highest BCUT2D eigenvalue weighted by Crippen LogP contribution is 2.26. The zero-order valence-electron chi connectivity index (χ0n) is 14.2. The lowest BCUT2D eigenvalue weighted by Crippen LogP contribution is -2.22. The van der Waals surface area contributed by atoms with E-state index in [0.29, 0.717) is 0 Å². The zero-order valence-corrected chi connectivity index (χ0v) is 15.0. The summed E-state index contributed by atoms with van der Waals surface area (Å²) in [6.45, 7) is 1.55. The third-order valence-electron chi connectivity index (χ3n) is 3.61. The van der Waals surface area contributed by atoms with Crippen molar-refractivity contribution in [3.63, 3.8) is 0 Å². The van der Waals surface area contributed by atoms with Crippen LogP contribution in [0.25, 0.3) is 11.2 Å². The maximum atomic E-state index is 13.8. The van der Waals surface area contributed by atoms with Gasteiger partial charge < -0.3 is 21.1 Å². The van der Waals surface area contributed by atoms with E-state index in [-0.39, 0.29) is 51.9 Å². The molecule has 0 aliphatic rings. The lowest BCUT2D eigenvalue weighted by molar-refractivity contribution is 0.281. The number of aromatic nitrogens is 4. The number of thioether (sulfide) groups is 1. The van der Waals surface area contributed by atoms with Gasteiger partial charge in [-0.3, -0.25) is 4.79 Å². The van der Waals surface area contributed by atoms with E-state index in [0.717, 1.165) is 17.8 Å². The lowest BCUT2D eigenvalue weighted by atomic mass is 10.2. The molecule has 1 atom stereocenters. The molecule has 8 nitrogen and oxygen atoms in total. The molecule has 11 heteroatoms. The summed E-state index contributed by atoms with van der Waals surface area (Å²) in [5.41, 5.74) is 5.48. The van der Waals surface area contributed by atoms with Crippen LogP contribution in [0.3, 0.4) is 0 Å². The van der Waals surface area contributed by atoms with Crippen molar-refractivity contribution >= 4 is 34.6 Å². The van der Waals surface area contributed by atoms with E-state index < -0.39 is 17.2 Å². The third kappa shape index (κ3) is 4.14. The molecular formula is C16H16F2N6O2S. The van der Waals surface area contributed by atoms with Crippen molar-refractivity contribution in [3.05, 3.63) is 45.8 Å². The summed E-state index contributed by atoms with van der Waals surface area (Å²) in [6, 6.07) is 3.56. The van der Waals surface area contributed by atoms with Gasteiger partial charge in [0.05, 0.1) is 6.61 Å². The predicted octanol–water partition coefficient (Wildman–Crippen LogP) is 1.66. The number of aliphatic hydroxyl groups excluding tert-OH is 1. The molecule has 5 N–H and O–H groups in total. The van der Waals surface area contributed by atoms with Gasteiger partial charge in [-0.05, 0) is 13.0 Å². The summed E-state index contributed by atoms with van der Waals surface area (Å²) in [5.74, 6) is -1.77. The Kier molecular flexibility index (Phi) is 5.51. The number of benzene rings is 1. The molecule has 0 radical (unpaired) electrons. The minimum atomic E-state index is -0.935. The fourth-order valence-corrected chi connectivity index (χ4v) is 3.04. The van der Waals surface area contributed by atoms with Gasteiger partial charge in [-0.25, -0.2) is 23.7 Å². The van der Waals surface area contributed by atoms with Crippen LogP contribution in [0.2, 0.25) is 0 Å². The van der Waals surface area contributed by atoms with Crippen LogP contribution in [0.5, 0.6) is 0 Å². The van der Waals surface area contributed by atoms with Gasteiger partial charge in [-0.15, -0.1) is 0 Å². The topological polar surface area (TPSA) is 130 Å². The van der Waals surface area contributed by atoms with E-state index in [1.165, 1.54) is 12.1 Å². The van der Waals surface area contributed by atoms with Gasteiger partial charge in [0.2, 0.25) is 0 Å². The largest absolute Gasteiger partial charge is 0.394 e. The van der Waals surface area contributed by atoms with Crippen LogP contribution in [0.4, 0.5) is 20.4 Å². The van der Waals surface area contributed by atoms with Crippen LogP contribution in [-0.2, 0) is 5.75 Å². The smallest absolute Gasteiger partial charge is 0.292 e. The van der Waals surface area contributed by atoms with Gasteiger partial charge in [-0.1, -0.05) is 23.9 Å². The monoisotopic (exact) mass is 394 g/mol. The van der Waals surface area contributed by atoms with Crippen molar-refractivity contribution in [1.29, 1.82) is 0 Å². The molecule has 142 valence electrons. The Hall–Kier alpha value is -2.79. The molecule has 2 heterocycles. The molecule has 1 unspecified atom stereocenters. The summed E-state index contributed by atoms with van der Waals surface area (Å²) in [4.78, 5) is 26.7. The van der Waals surface area contributed by atoms with Crippen molar-refractivity contribution in [2.75, 3.05) is 17.7 Å². The first-order valence-corrected chi connectivity index (χ1v) is 8.88. The molecule has 0 saturated carbocycles. The second-order valence-electron chi connectivity index (χ2n) is 5.73.